The molecule has 0 amide bonds. The summed E-state index contributed by atoms with van der Waals surface area (Å²) in [4.78, 5) is 0.324. The first kappa shape index (κ1) is 4.91. The van der Waals surface area contributed by atoms with Crippen LogP contribution in [0.15, 0.2) is 10.2 Å². The number of hydrogen-bond donors (Lipinski definition) is 0. The predicted molar refractivity (Wildman–Crippen MR) is 34.2 cm³/mol. The standard InChI is InChI=1S/C5H7BrN2/c6-4-3-5(1-2-5)8-7-4/h4H,1-3H2. The maximum absolute atomic E-state index is 4.14. The fourth-order valence-electron chi connectivity index (χ4n) is 1.03. The van der Waals surface area contributed by atoms with E-state index in [1.54, 1.807) is 0 Å². The van der Waals surface area contributed by atoms with Crippen molar-refractivity contribution in [3.8, 4) is 0 Å². The minimum atomic E-state index is 0.324. The first-order valence-electron chi connectivity index (χ1n) is 2.87. The molecule has 0 bridgehead atoms. The van der Waals surface area contributed by atoms with Gasteiger partial charge >= 0.3 is 0 Å². The first-order valence-corrected chi connectivity index (χ1v) is 3.78. The molecule has 2 rings (SSSR count). The lowest BCUT2D eigenvalue weighted by atomic mass is 10.2. The zero-order valence-corrected chi connectivity index (χ0v) is 6.06. The second kappa shape index (κ2) is 1.32. The van der Waals surface area contributed by atoms with Gasteiger partial charge in [0.05, 0.1) is 5.54 Å². The van der Waals surface area contributed by atoms with E-state index in [9.17, 15) is 0 Å². The number of alkyl halides is 1. The van der Waals surface area contributed by atoms with Crippen LogP contribution in [0.5, 0.6) is 0 Å². The Morgan fingerprint density at radius 3 is 2.50 bits per heavy atom. The van der Waals surface area contributed by atoms with Gasteiger partial charge in [-0.3, -0.25) is 0 Å². The molecule has 1 spiro atoms. The van der Waals surface area contributed by atoms with Gasteiger partial charge in [-0.25, -0.2) is 0 Å². The van der Waals surface area contributed by atoms with E-state index < -0.39 is 0 Å². The number of rotatable bonds is 0. The van der Waals surface area contributed by atoms with Crippen molar-refractivity contribution in [2.75, 3.05) is 0 Å². The Kier molecular flexibility index (Phi) is 0.811. The lowest BCUT2D eigenvalue weighted by Gasteiger charge is -1.95. The third-order valence-electron chi connectivity index (χ3n) is 1.77. The van der Waals surface area contributed by atoms with Gasteiger partial charge in [0.1, 0.15) is 4.95 Å². The van der Waals surface area contributed by atoms with E-state index in [-0.39, 0.29) is 0 Å². The number of halogens is 1. The highest BCUT2D eigenvalue weighted by Crippen LogP contribution is 2.49. The predicted octanol–water partition coefficient (Wildman–Crippen LogP) is 2.10. The molecular weight excluding hydrogens is 168 g/mol. The van der Waals surface area contributed by atoms with E-state index in [0.29, 0.717) is 10.5 Å². The molecule has 0 aromatic heterocycles. The van der Waals surface area contributed by atoms with Crippen molar-refractivity contribution in [2.24, 2.45) is 10.2 Å². The van der Waals surface area contributed by atoms with Gasteiger partial charge in [-0.1, -0.05) is 15.9 Å². The van der Waals surface area contributed by atoms with Crippen LogP contribution in [0, 0.1) is 0 Å². The van der Waals surface area contributed by atoms with Crippen molar-refractivity contribution in [1.82, 2.24) is 0 Å². The number of azo groups is 1. The Morgan fingerprint density at radius 1 is 1.50 bits per heavy atom. The molecule has 0 saturated heterocycles. The van der Waals surface area contributed by atoms with Crippen LogP contribution in [0.2, 0.25) is 0 Å². The van der Waals surface area contributed by atoms with Crippen LogP contribution in [0.3, 0.4) is 0 Å². The summed E-state index contributed by atoms with van der Waals surface area (Å²) in [7, 11) is 0. The number of hydrogen-bond acceptors (Lipinski definition) is 2. The van der Waals surface area contributed by atoms with Gasteiger partial charge < -0.3 is 0 Å². The largest absolute Gasteiger partial charge is 0.186 e. The molecule has 0 aromatic carbocycles. The van der Waals surface area contributed by atoms with Crippen molar-refractivity contribution in [1.29, 1.82) is 0 Å². The zero-order valence-electron chi connectivity index (χ0n) is 4.47. The first-order chi connectivity index (χ1) is 3.81. The van der Waals surface area contributed by atoms with Crippen LogP contribution in [0.25, 0.3) is 0 Å². The van der Waals surface area contributed by atoms with Crippen LogP contribution in [-0.2, 0) is 0 Å². The third-order valence-corrected chi connectivity index (χ3v) is 2.28. The Balaban J connectivity index is 2.15. The third kappa shape index (κ3) is 0.607. The molecule has 44 valence electrons. The minimum absolute atomic E-state index is 0.324. The molecule has 8 heavy (non-hydrogen) atoms. The van der Waals surface area contributed by atoms with Crippen LogP contribution in [-0.4, -0.2) is 10.5 Å². The Labute approximate surface area is 56.5 Å². The van der Waals surface area contributed by atoms with Gasteiger partial charge in [0.25, 0.3) is 0 Å². The molecular formula is C5H7BrN2. The van der Waals surface area contributed by atoms with Crippen LogP contribution in [0.1, 0.15) is 19.3 Å². The Hall–Kier alpha value is 0.0800. The van der Waals surface area contributed by atoms with Gasteiger partial charge in [0.2, 0.25) is 0 Å². The lowest BCUT2D eigenvalue weighted by Crippen LogP contribution is -2.00. The summed E-state index contributed by atoms with van der Waals surface area (Å²) >= 11 is 3.39. The molecule has 1 atom stereocenters. The topological polar surface area (TPSA) is 24.7 Å². The summed E-state index contributed by atoms with van der Waals surface area (Å²) in [6.07, 6.45) is 3.66. The molecule has 0 N–H and O–H groups in total. The van der Waals surface area contributed by atoms with Crippen molar-refractivity contribution < 1.29 is 0 Å². The monoisotopic (exact) mass is 174 g/mol. The normalized spacial score (nSPS) is 38.9. The Morgan fingerprint density at radius 2 is 2.25 bits per heavy atom. The maximum atomic E-state index is 4.14. The van der Waals surface area contributed by atoms with E-state index in [2.05, 4.69) is 26.2 Å². The average Bonchev–Trinajstić information content (AvgIpc) is 2.34. The highest BCUT2D eigenvalue weighted by molar-refractivity contribution is 9.09. The number of nitrogens with zero attached hydrogens (tertiary/aromatic N) is 2. The maximum Gasteiger partial charge on any atom is 0.128 e. The summed E-state index contributed by atoms with van der Waals surface area (Å²) < 4.78 is 0. The van der Waals surface area contributed by atoms with Crippen LogP contribution < -0.4 is 0 Å². The van der Waals surface area contributed by atoms with E-state index >= 15 is 0 Å². The summed E-state index contributed by atoms with van der Waals surface area (Å²) in [5.41, 5.74) is 0.328. The van der Waals surface area contributed by atoms with Crippen LogP contribution in [0.4, 0.5) is 0 Å². The quantitative estimate of drug-likeness (QED) is 0.397. The molecule has 1 aliphatic carbocycles. The summed E-state index contributed by atoms with van der Waals surface area (Å²) in [6.45, 7) is 0. The van der Waals surface area contributed by atoms with Gasteiger partial charge in [0.15, 0.2) is 0 Å². The molecule has 2 nitrogen and oxygen atoms in total. The highest BCUT2D eigenvalue weighted by Gasteiger charge is 2.47. The van der Waals surface area contributed by atoms with E-state index in [4.69, 9.17) is 0 Å². The molecule has 1 unspecified atom stereocenters. The molecule has 0 aromatic rings. The summed E-state index contributed by atoms with van der Waals surface area (Å²) in [6, 6.07) is 0. The van der Waals surface area contributed by atoms with Crippen molar-refractivity contribution in [3.63, 3.8) is 0 Å². The molecule has 1 saturated carbocycles. The molecule has 1 fully saturated rings. The molecule has 1 heterocycles. The summed E-state index contributed by atoms with van der Waals surface area (Å²) in [5.74, 6) is 0. The molecule has 1 aliphatic heterocycles. The van der Waals surface area contributed by atoms with Crippen molar-refractivity contribution in [2.45, 2.75) is 29.8 Å². The van der Waals surface area contributed by atoms with E-state index in [0.717, 1.165) is 6.42 Å². The van der Waals surface area contributed by atoms with E-state index in [1.165, 1.54) is 12.8 Å². The van der Waals surface area contributed by atoms with Gasteiger partial charge in [-0.2, -0.15) is 10.2 Å². The highest BCUT2D eigenvalue weighted by atomic mass is 79.9. The second-order valence-corrected chi connectivity index (χ2v) is 3.64. The van der Waals surface area contributed by atoms with E-state index in [1.807, 2.05) is 0 Å². The Bertz CT molecular complexity index is 139. The molecule has 3 heteroatoms. The van der Waals surface area contributed by atoms with Crippen molar-refractivity contribution >= 4 is 15.9 Å². The molecule has 2 aliphatic rings. The fraction of sp³-hybridized carbons (Fsp3) is 1.00. The average molecular weight is 175 g/mol. The van der Waals surface area contributed by atoms with Gasteiger partial charge in [-0.15, -0.1) is 0 Å². The minimum Gasteiger partial charge on any atom is -0.186 e. The fourth-order valence-corrected chi connectivity index (χ4v) is 1.72. The van der Waals surface area contributed by atoms with Crippen molar-refractivity contribution in [3.05, 3.63) is 0 Å². The summed E-state index contributed by atoms with van der Waals surface area (Å²) in [5, 5.41) is 8.13. The smallest absolute Gasteiger partial charge is 0.128 e. The van der Waals surface area contributed by atoms with Gasteiger partial charge in [0, 0.05) is 6.42 Å². The van der Waals surface area contributed by atoms with Gasteiger partial charge in [-0.05, 0) is 12.8 Å². The zero-order chi connectivity index (χ0) is 5.61. The SMILES string of the molecule is BrC1CC2(CC2)N=N1. The molecule has 0 radical (unpaired) electrons. The second-order valence-electron chi connectivity index (χ2n) is 2.58. The van der Waals surface area contributed by atoms with Crippen LogP contribution >= 0.6 is 15.9 Å². The lowest BCUT2D eigenvalue weighted by molar-refractivity contribution is 0.683.